The first-order valence-corrected chi connectivity index (χ1v) is 8.29. The van der Waals surface area contributed by atoms with Gasteiger partial charge in [0.1, 0.15) is 6.61 Å². The van der Waals surface area contributed by atoms with Crippen molar-refractivity contribution in [3.05, 3.63) is 65.7 Å². The molecule has 1 heterocycles. The van der Waals surface area contributed by atoms with Gasteiger partial charge in [0, 0.05) is 6.54 Å². The Hall–Kier alpha value is -2.86. The number of aromatic nitrogens is 1. The highest BCUT2D eigenvalue weighted by Crippen LogP contribution is 2.24. The Morgan fingerprint density at radius 2 is 2.08 bits per heavy atom. The van der Waals surface area contributed by atoms with Crippen LogP contribution in [0.15, 0.2) is 54.6 Å². The number of nitrogens with zero attached hydrogens (tertiary/aromatic N) is 1. The standard InChI is InChI=1S/C18H17N3O2S/c19-17-21-15-11-13(8-9-16(15)24-17)7-4-10-20-18(22)23-12-14-5-2-1-3-6-14/h1-9,11H,10,12H2,(H2,19,21)(H,20,22). The average molecular weight is 339 g/mol. The zero-order chi connectivity index (χ0) is 16.8. The van der Waals surface area contributed by atoms with Crippen molar-refractivity contribution in [2.45, 2.75) is 6.61 Å². The maximum absolute atomic E-state index is 11.6. The molecular formula is C18H17N3O2S. The minimum atomic E-state index is -0.439. The van der Waals surface area contributed by atoms with Gasteiger partial charge < -0.3 is 15.8 Å². The highest BCUT2D eigenvalue weighted by molar-refractivity contribution is 7.22. The van der Waals surface area contributed by atoms with Gasteiger partial charge in [-0.1, -0.05) is 59.9 Å². The number of benzene rings is 2. The van der Waals surface area contributed by atoms with Crippen molar-refractivity contribution in [2.24, 2.45) is 0 Å². The van der Waals surface area contributed by atoms with Gasteiger partial charge in [0.2, 0.25) is 0 Å². The molecule has 0 unspecified atom stereocenters. The molecule has 1 amide bonds. The summed E-state index contributed by atoms with van der Waals surface area (Å²) < 4.78 is 6.20. The Bertz CT molecular complexity index is 859. The van der Waals surface area contributed by atoms with E-state index in [1.165, 1.54) is 11.3 Å². The van der Waals surface area contributed by atoms with Gasteiger partial charge in [0.25, 0.3) is 0 Å². The van der Waals surface area contributed by atoms with Crippen LogP contribution in [0.2, 0.25) is 0 Å². The number of nitrogen functional groups attached to an aromatic ring is 1. The summed E-state index contributed by atoms with van der Waals surface area (Å²) in [4.78, 5) is 15.9. The summed E-state index contributed by atoms with van der Waals surface area (Å²) in [6.45, 7) is 0.656. The van der Waals surface area contributed by atoms with Gasteiger partial charge in [-0.15, -0.1) is 0 Å². The minimum absolute atomic E-state index is 0.262. The van der Waals surface area contributed by atoms with Crippen LogP contribution in [0, 0.1) is 0 Å². The molecule has 0 bridgehead atoms. The van der Waals surface area contributed by atoms with Crippen molar-refractivity contribution in [1.82, 2.24) is 10.3 Å². The molecule has 1 aromatic heterocycles. The van der Waals surface area contributed by atoms with Crippen LogP contribution in [-0.4, -0.2) is 17.6 Å². The van der Waals surface area contributed by atoms with E-state index in [1.54, 1.807) is 0 Å². The first-order chi connectivity index (χ1) is 11.7. The van der Waals surface area contributed by atoms with Crippen LogP contribution >= 0.6 is 11.3 Å². The van der Waals surface area contributed by atoms with E-state index >= 15 is 0 Å². The fraction of sp³-hybridized carbons (Fsp3) is 0.111. The summed E-state index contributed by atoms with van der Waals surface area (Å²) in [5.74, 6) is 0. The van der Waals surface area contributed by atoms with E-state index in [0.717, 1.165) is 21.3 Å². The second-order valence-corrected chi connectivity index (χ2v) is 6.19. The third-order valence-electron chi connectivity index (χ3n) is 3.32. The summed E-state index contributed by atoms with van der Waals surface area (Å²) in [6.07, 6.45) is 3.35. The van der Waals surface area contributed by atoms with E-state index in [1.807, 2.05) is 60.7 Å². The normalized spacial score (nSPS) is 11.0. The number of hydrogen-bond acceptors (Lipinski definition) is 5. The number of hydrogen-bond donors (Lipinski definition) is 2. The number of carbonyl (C=O) groups excluding carboxylic acids is 1. The zero-order valence-electron chi connectivity index (χ0n) is 12.9. The van der Waals surface area contributed by atoms with Gasteiger partial charge in [-0.3, -0.25) is 0 Å². The third kappa shape index (κ3) is 4.33. The van der Waals surface area contributed by atoms with Crippen LogP contribution in [-0.2, 0) is 11.3 Å². The van der Waals surface area contributed by atoms with Crippen LogP contribution in [0.1, 0.15) is 11.1 Å². The molecule has 0 fully saturated rings. The predicted molar refractivity (Wildman–Crippen MR) is 97.7 cm³/mol. The summed E-state index contributed by atoms with van der Waals surface area (Å²) >= 11 is 1.47. The Morgan fingerprint density at radius 3 is 2.92 bits per heavy atom. The third-order valence-corrected chi connectivity index (χ3v) is 4.18. The fourth-order valence-corrected chi connectivity index (χ4v) is 2.89. The second kappa shape index (κ2) is 7.61. The maximum atomic E-state index is 11.6. The monoisotopic (exact) mass is 339 g/mol. The van der Waals surface area contributed by atoms with Crippen LogP contribution in [0.3, 0.4) is 0 Å². The van der Waals surface area contributed by atoms with Crippen LogP contribution in [0.25, 0.3) is 16.3 Å². The van der Waals surface area contributed by atoms with Crippen molar-refractivity contribution >= 4 is 38.9 Å². The number of rotatable bonds is 5. The smallest absolute Gasteiger partial charge is 0.407 e. The van der Waals surface area contributed by atoms with Gasteiger partial charge in [0.05, 0.1) is 10.2 Å². The first kappa shape index (κ1) is 16.0. The van der Waals surface area contributed by atoms with Crippen molar-refractivity contribution in [3.8, 4) is 0 Å². The molecule has 0 saturated carbocycles. The van der Waals surface area contributed by atoms with Gasteiger partial charge >= 0.3 is 6.09 Å². The topological polar surface area (TPSA) is 77.2 Å². The number of ether oxygens (including phenoxy) is 1. The Balaban J connectivity index is 1.46. The lowest BCUT2D eigenvalue weighted by molar-refractivity contribution is 0.141. The molecule has 0 atom stereocenters. The first-order valence-electron chi connectivity index (χ1n) is 7.48. The largest absolute Gasteiger partial charge is 0.445 e. The lowest BCUT2D eigenvalue weighted by atomic mass is 10.2. The van der Waals surface area contributed by atoms with E-state index in [4.69, 9.17) is 10.5 Å². The van der Waals surface area contributed by atoms with Crippen molar-refractivity contribution in [2.75, 3.05) is 12.3 Å². The Labute approximate surface area is 143 Å². The Kier molecular flexibility index (Phi) is 5.08. The summed E-state index contributed by atoms with van der Waals surface area (Å²) in [6, 6.07) is 15.5. The Morgan fingerprint density at radius 1 is 1.25 bits per heavy atom. The molecule has 0 radical (unpaired) electrons. The van der Waals surface area contributed by atoms with Gasteiger partial charge in [-0.2, -0.15) is 0 Å². The maximum Gasteiger partial charge on any atom is 0.407 e. The minimum Gasteiger partial charge on any atom is -0.445 e. The molecule has 122 valence electrons. The molecule has 24 heavy (non-hydrogen) atoms. The second-order valence-electron chi connectivity index (χ2n) is 5.12. The van der Waals surface area contributed by atoms with Crippen LogP contribution in [0.4, 0.5) is 9.93 Å². The number of alkyl carbamates (subject to hydrolysis) is 1. The molecule has 5 nitrogen and oxygen atoms in total. The van der Waals surface area contributed by atoms with E-state index in [2.05, 4.69) is 10.3 Å². The number of nitrogens with one attached hydrogen (secondary N) is 1. The molecule has 2 aromatic carbocycles. The number of fused-ring (bicyclic) bond motifs is 1. The molecule has 0 aliphatic carbocycles. The molecule has 6 heteroatoms. The van der Waals surface area contributed by atoms with Gasteiger partial charge in [0.15, 0.2) is 5.13 Å². The zero-order valence-corrected chi connectivity index (χ0v) is 13.8. The number of carbonyl (C=O) groups is 1. The molecular weight excluding hydrogens is 322 g/mol. The molecule has 3 aromatic rings. The summed E-state index contributed by atoms with van der Waals surface area (Å²) in [5.41, 5.74) is 8.54. The molecule has 0 aliphatic rings. The van der Waals surface area contributed by atoms with Crippen LogP contribution in [0.5, 0.6) is 0 Å². The molecule has 3 N–H and O–H groups in total. The van der Waals surface area contributed by atoms with Gasteiger partial charge in [-0.05, 0) is 23.3 Å². The lowest BCUT2D eigenvalue weighted by Crippen LogP contribution is -2.24. The number of nitrogens with two attached hydrogens (primary N) is 1. The van der Waals surface area contributed by atoms with Gasteiger partial charge in [-0.25, -0.2) is 9.78 Å². The highest BCUT2D eigenvalue weighted by Gasteiger charge is 2.01. The van der Waals surface area contributed by atoms with E-state index in [9.17, 15) is 4.79 Å². The number of amides is 1. The molecule has 0 aliphatic heterocycles. The van der Waals surface area contributed by atoms with E-state index in [0.29, 0.717) is 11.7 Å². The van der Waals surface area contributed by atoms with Crippen molar-refractivity contribution in [3.63, 3.8) is 0 Å². The summed E-state index contributed by atoms with van der Waals surface area (Å²) in [7, 11) is 0. The molecule has 3 rings (SSSR count). The number of anilines is 1. The average Bonchev–Trinajstić information content (AvgIpc) is 2.97. The molecule has 0 saturated heterocycles. The quantitative estimate of drug-likeness (QED) is 0.741. The highest BCUT2D eigenvalue weighted by atomic mass is 32.1. The van der Waals surface area contributed by atoms with E-state index in [-0.39, 0.29) is 6.61 Å². The van der Waals surface area contributed by atoms with Crippen LogP contribution < -0.4 is 11.1 Å². The lowest BCUT2D eigenvalue weighted by Gasteiger charge is -2.05. The number of thiazole rings is 1. The predicted octanol–water partition coefficient (Wildman–Crippen LogP) is 3.82. The summed E-state index contributed by atoms with van der Waals surface area (Å²) in [5, 5.41) is 3.25. The van der Waals surface area contributed by atoms with E-state index < -0.39 is 6.09 Å². The SMILES string of the molecule is Nc1nc2cc(C=CCNC(=O)OCc3ccccc3)ccc2s1. The fourth-order valence-electron chi connectivity index (χ4n) is 2.18. The molecule has 0 spiro atoms. The van der Waals surface area contributed by atoms with Crippen molar-refractivity contribution in [1.29, 1.82) is 0 Å². The van der Waals surface area contributed by atoms with Crippen molar-refractivity contribution < 1.29 is 9.53 Å².